The monoisotopic (exact) mass is 334 g/mol. The third-order valence-electron chi connectivity index (χ3n) is 3.22. The van der Waals surface area contributed by atoms with Crippen molar-refractivity contribution in [2.24, 2.45) is 0 Å². The van der Waals surface area contributed by atoms with Crippen molar-refractivity contribution in [3.05, 3.63) is 75.3 Å². The van der Waals surface area contributed by atoms with Gasteiger partial charge in [-0.1, -0.05) is 24.4 Å². The Hall–Kier alpha value is -2.77. The maximum absolute atomic E-state index is 14.1. The molecule has 2 rings (SSSR count). The largest absolute Gasteiger partial charge is 0.268 e. The third kappa shape index (κ3) is 2.67. The number of halogens is 4. The smallest absolute Gasteiger partial charge is 0.226 e. The summed E-state index contributed by atoms with van der Waals surface area (Å²) in [5.41, 5.74) is -2.33. The standard InChI is InChI=1S/C16H6F4N2S/c1-7-13(17)15(19)12(16(20)14(7)18)9-5-8(3-4-11(9)23)10(6-21)22-2/h3-5H,1H3/b10-8+. The Bertz CT molecular complexity index is 866. The summed E-state index contributed by atoms with van der Waals surface area (Å²) in [7, 11) is 0. The van der Waals surface area contributed by atoms with Crippen LogP contribution in [0.4, 0.5) is 17.6 Å². The molecule has 1 aromatic carbocycles. The zero-order valence-corrected chi connectivity index (χ0v) is 12.4. The van der Waals surface area contributed by atoms with Crippen molar-refractivity contribution < 1.29 is 17.6 Å². The van der Waals surface area contributed by atoms with Gasteiger partial charge in [-0.15, -0.1) is 0 Å². The first kappa shape index (κ1) is 16.6. The highest BCUT2D eigenvalue weighted by molar-refractivity contribution is 7.81. The van der Waals surface area contributed by atoms with Crippen LogP contribution in [-0.2, 0) is 0 Å². The van der Waals surface area contributed by atoms with Crippen LogP contribution in [-0.4, -0.2) is 4.86 Å². The maximum Gasteiger partial charge on any atom is 0.268 e. The molecule has 0 spiro atoms. The molecule has 0 unspecified atom stereocenters. The molecule has 23 heavy (non-hydrogen) atoms. The molecule has 0 radical (unpaired) electrons. The lowest BCUT2D eigenvalue weighted by molar-refractivity contribution is 0.442. The van der Waals surface area contributed by atoms with E-state index in [4.69, 9.17) is 24.1 Å². The van der Waals surface area contributed by atoms with Gasteiger partial charge in [-0.05, 0) is 18.6 Å². The highest BCUT2D eigenvalue weighted by Gasteiger charge is 2.27. The van der Waals surface area contributed by atoms with Gasteiger partial charge in [0.2, 0.25) is 0 Å². The van der Waals surface area contributed by atoms with Crippen LogP contribution in [0.15, 0.2) is 29.5 Å². The molecule has 0 bridgehead atoms. The Balaban J connectivity index is 2.82. The summed E-state index contributed by atoms with van der Waals surface area (Å²) in [6, 6.07) is 1.62. The number of allylic oxidation sites excluding steroid dienone is 6. The van der Waals surface area contributed by atoms with Crippen molar-refractivity contribution >= 4 is 22.7 Å². The van der Waals surface area contributed by atoms with Crippen molar-refractivity contribution in [2.75, 3.05) is 0 Å². The normalized spacial score (nSPS) is 15.8. The maximum atomic E-state index is 14.1. The van der Waals surface area contributed by atoms with Crippen molar-refractivity contribution in [3.8, 4) is 6.07 Å². The van der Waals surface area contributed by atoms with Crippen LogP contribution in [0, 0.1) is 48.1 Å². The van der Waals surface area contributed by atoms with E-state index in [9.17, 15) is 17.6 Å². The van der Waals surface area contributed by atoms with E-state index < -0.39 is 34.4 Å². The zero-order valence-electron chi connectivity index (χ0n) is 11.5. The van der Waals surface area contributed by atoms with E-state index in [1.54, 1.807) is 6.07 Å². The van der Waals surface area contributed by atoms with Crippen LogP contribution in [0.1, 0.15) is 11.1 Å². The molecule has 0 N–H and O–H groups in total. The van der Waals surface area contributed by atoms with E-state index in [0.717, 1.165) is 13.0 Å². The van der Waals surface area contributed by atoms with Gasteiger partial charge >= 0.3 is 0 Å². The Morgan fingerprint density at radius 1 is 1.13 bits per heavy atom. The van der Waals surface area contributed by atoms with Gasteiger partial charge in [-0.2, -0.15) is 0 Å². The van der Waals surface area contributed by atoms with Crippen molar-refractivity contribution in [1.82, 2.24) is 0 Å². The molecule has 0 heterocycles. The molecule has 0 atom stereocenters. The summed E-state index contributed by atoms with van der Waals surface area (Å²) < 4.78 is 55.6. The number of hydrogen-bond acceptors (Lipinski definition) is 2. The summed E-state index contributed by atoms with van der Waals surface area (Å²) in [5.74, 6) is -6.20. The Morgan fingerprint density at radius 3 is 2.17 bits per heavy atom. The molecule has 114 valence electrons. The van der Waals surface area contributed by atoms with Gasteiger partial charge in [-0.25, -0.2) is 27.7 Å². The van der Waals surface area contributed by atoms with Gasteiger partial charge in [0.05, 0.1) is 18.2 Å². The molecule has 0 fully saturated rings. The summed E-state index contributed by atoms with van der Waals surface area (Å²) in [4.78, 5) is 2.90. The number of nitrogens with zero attached hydrogens (tertiary/aromatic N) is 2. The molecule has 1 aliphatic rings. The second kappa shape index (κ2) is 6.15. The first-order valence-electron chi connectivity index (χ1n) is 6.12. The van der Waals surface area contributed by atoms with Gasteiger partial charge in [0.1, 0.15) is 0 Å². The Labute approximate surface area is 134 Å². The average molecular weight is 334 g/mol. The van der Waals surface area contributed by atoms with Crippen molar-refractivity contribution in [1.29, 1.82) is 5.26 Å². The number of nitriles is 1. The molecule has 2 nitrogen and oxygen atoms in total. The van der Waals surface area contributed by atoms with Crippen LogP contribution < -0.4 is 0 Å². The fourth-order valence-electron chi connectivity index (χ4n) is 2.00. The van der Waals surface area contributed by atoms with E-state index in [1.807, 2.05) is 0 Å². The summed E-state index contributed by atoms with van der Waals surface area (Å²) in [6.45, 7) is 7.79. The zero-order chi connectivity index (χ0) is 17.3. The Morgan fingerprint density at radius 2 is 1.70 bits per heavy atom. The van der Waals surface area contributed by atoms with Crippen molar-refractivity contribution in [3.63, 3.8) is 0 Å². The number of rotatable bonds is 1. The van der Waals surface area contributed by atoms with Crippen molar-refractivity contribution in [2.45, 2.75) is 6.92 Å². The van der Waals surface area contributed by atoms with Crippen LogP contribution in [0.3, 0.4) is 0 Å². The lowest BCUT2D eigenvalue weighted by atomic mass is 9.92. The van der Waals surface area contributed by atoms with E-state index in [2.05, 4.69) is 4.85 Å². The molecular formula is C16H6F4N2S. The van der Waals surface area contributed by atoms with Crippen LogP contribution in [0.5, 0.6) is 0 Å². The number of hydrogen-bond donors (Lipinski definition) is 0. The van der Waals surface area contributed by atoms with E-state index in [-0.39, 0.29) is 21.7 Å². The summed E-state index contributed by atoms with van der Waals surface area (Å²) in [5, 5.41) is 8.85. The molecule has 0 saturated heterocycles. The molecular weight excluding hydrogens is 328 g/mol. The van der Waals surface area contributed by atoms with Gasteiger partial charge in [0.25, 0.3) is 5.70 Å². The molecule has 1 aliphatic carbocycles. The van der Waals surface area contributed by atoms with E-state index in [1.165, 1.54) is 12.2 Å². The van der Waals surface area contributed by atoms with Gasteiger partial charge < -0.3 is 0 Å². The van der Waals surface area contributed by atoms with Gasteiger partial charge in [0, 0.05) is 16.0 Å². The average Bonchev–Trinajstić information content (AvgIpc) is 2.55. The molecule has 7 heteroatoms. The van der Waals surface area contributed by atoms with E-state index in [0.29, 0.717) is 0 Å². The SMILES string of the molecule is [C-]#[N+]/C(C#N)=C1\C=CC(=S)C(c2c(F)c(F)c(C)c(F)c2F)=C1. The minimum absolute atomic E-state index is 0.0475. The molecule has 0 amide bonds. The second-order valence-corrected chi connectivity index (χ2v) is 4.98. The first-order chi connectivity index (χ1) is 10.8. The number of benzene rings is 1. The summed E-state index contributed by atoms with van der Waals surface area (Å²) >= 11 is 4.94. The lowest BCUT2D eigenvalue weighted by Gasteiger charge is -2.15. The predicted octanol–water partition coefficient (Wildman–Crippen LogP) is 4.57. The van der Waals surface area contributed by atoms with Gasteiger partial charge in [0.15, 0.2) is 23.3 Å². The van der Waals surface area contributed by atoms with Crippen LogP contribution in [0.25, 0.3) is 10.4 Å². The highest BCUT2D eigenvalue weighted by atomic mass is 32.1. The highest BCUT2D eigenvalue weighted by Crippen LogP contribution is 2.33. The van der Waals surface area contributed by atoms with Crippen LogP contribution in [0.2, 0.25) is 0 Å². The molecule has 0 aromatic heterocycles. The fourth-order valence-corrected chi connectivity index (χ4v) is 2.23. The lowest BCUT2D eigenvalue weighted by Crippen LogP contribution is -2.10. The van der Waals surface area contributed by atoms with Gasteiger partial charge in [-0.3, -0.25) is 0 Å². The molecule has 1 aromatic rings. The second-order valence-electron chi connectivity index (χ2n) is 4.54. The van der Waals surface area contributed by atoms with Crippen LogP contribution >= 0.6 is 12.2 Å². The summed E-state index contributed by atoms with van der Waals surface area (Å²) in [6.07, 6.45) is 3.62. The minimum atomic E-state index is -1.58. The predicted molar refractivity (Wildman–Crippen MR) is 80.0 cm³/mol. The molecule has 0 aliphatic heterocycles. The quantitative estimate of drug-likeness (QED) is 0.247. The Kier molecular flexibility index (Phi) is 4.44. The third-order valence-corrected chi connectivity index (χ3v) is 3.58. The van der Waals surface area contributed by atoms with E-state index >= 15 is 0 Å². The first-order valence-corrected chi connectivity index (χ1v) is 6.53. The minimum Gasteiger partial charge on any atom is -0.226 e. The fraction of sp³-hybridized carbons (Fsp3) is 0.0625. The topological polar surface area (TPSA) is 28.1 Å². The number of thiocarbonyl (C=S) groups is 1. The molecule has 0 saturated carbocycles.